The second-order valence-electron chi connectivity index (χ2n) is 17.5. The van der Waals surface area contributed by atoms with Crippen LogP contribution in [0.5, 0.6) is 0 Å². The molecule has 14 N–H and O–H groups in total. The standard InChI is InChI=1S/C39H64O22/c1-14-6-17(55-36-32(53)28(49)34(22(12-43)59-36)61-38-30(51)26(47)24(45)20(10-41)57-38)8-39(3)5-4-16(7-18(14)39)15(2)13-54-35-31(52)27(48)33(21(11-42)58-35)60-37-29(50)25(46)23(44)19(9-40)56-37/h16-38,40-53H,1-2,4-13H2,3H3/t16-,17-,18-,19?,20?,21?,22?,23?,24?,25?,26?,27?,28?,29?,30?,31?,32?,33?,34?,35?,36?,37?,38?,39-/m0/s1. The highest BCUT2D eigenvalue weighted by molar-refractivity contribution is 5.18. The van der Waals surface area contributed by atoms with Gasteiger partial charge in [-0.05, 0) is 54.9 Å². The molecule has 61 heavy (non-hydrogen) atoms. The maximum Gasteiger partial charge on any atom is 0.187 e. The van der Waals surface area contributed by atoms with E-state index in [0.29, 0.717) is 37.7 Å². The van der Waals surface area contributed by atoms with Gasteiger partial charge in [0.05, 0.1) is 39.1 Å². The third kappa shape index (κ3) is 10.1. The first kappa shape index (κ1) is 49.0. The van der Waals surface area contributed by atoms with E-state index in [2.05, 4.69) is 20.1 Å². The van der Waals surface area contributed by atoms with Gasteiger partial charge >= 0.3 is 0 Å². The van der Waals surface area contributed by atoms with Crippen molar-refractivity contribution in [3.05, 3.63) is 24.3 Å². The zero-order valence-corrected chi connectivity index (χ0v) is 33.8. The number of hydrogen-bond donors (Lipinski definition) is 14. The van der Waals surface area contributed by atoms with Crippen LogP contribution in [0, 0.1) is 17.3 Å². The smallest absolute Gasteiger partial charge is 0.187 e. The van der Waals surface area contributed by atoms with Crippen molar-refractivity contribution in [1.29, 1.82) is 0 Å². The predicted octanol–water partition coefficient (Wildman–Crippen LogP) is -6.03. The lowest BCUT2D eigenvalue weighted by Gasteiger charge is -2.52. The fraction of sp³-hybridized carbons (Fsp3) is 0.897. The Morgan fingerprint density at radius 2 is 1.02 bits per heavy atom. The third-order valence-electron chi connectivity index (χ3n) is 13.4. The van der Waals surface area contributed by atoms with Crippen LogP contribution in [-0.2, 0) is 37.9 Å². The SMILES string of the molecule is C=C(COC1OC(CO)C(OC2OC(CO)C(O)C(O)C2O)C(O)C1O)[C@H]1CC[C@@]2(C)C[C@@H](OC3OC(CO)C(OC4OC(CO)C(O)C(O)C4O)C(O)C3O)CC(=C)[C@@H]2C1. The number of aliphatic hydroxyl groups is 14. The Labute approximate surface area is 351 Å². The number of hydrogen-bond acceptors (Lipinski definition) is 22. The molecule has 2 saturated carbocycles. The molecule has 0 aromatic heterocycles. The van der Waals surface area contributed by atoms with Crippen LogP contribution in [0.3, 0.4) is 0 Å². The summed E-state index contributed by atoms with van der Waals surface area (Å²) in [7, 11) is 0. The molecule has 4 heterocycles. The van der Waals surface area contributed by atoms with E-state index in [4.69, 9.17) is 37.9 Å². The van der Waals surface area contributed by atoms with Crippen molar-refractivity contribution in [3.8, 4) is 0 Å². The summed E-state index contributed by atoms with van der Waals surface area (Å²) in [6.45, 7) is 7.76. The Hall–Kier alpha value is -1.40. The Kier molecular flexibility index (Phi) is 16.4. The van der Waals surface area contributed by atoms with E-state index in [1.54, 1.807) is 0 Å². The Morgan fingerprint density at radius 1 is 0.590 bits per heavy atom. The molecule has 0 aromatic rings. The van der Waals surface area contributed by atoms with Gasteiger partial charge in [-0.3, -0.25) is 0 Å². The summed E-state index contributed by atoms with van der Waals surface area (Å²) in [6, 6.07) is 0. The summed E-state index contributed by atoms with van der Waals surface area (Å²) in [5, 5.41) is 145. The average molecular weight is 885 g/mol. The van der Waals surface area contributed by atoms with Gasteiger partial charge in [-0.25, -0.2) is 0 Å². The summed E-state index contributed by atoms with van der Waals surface area (Å²) < 4.78 is 45.7. The van der Waals surface area contributed by atoms with E-state index in [1.807, 2.05) is 0 Å². The average Bonchev–Trinajstić information content (AvgIpc) is 3.24. The molecule has 22 nitrogen and oxygen atoms in total. The monoisotopic (exact) mass is 884 g/mol. The van der Waals surface area contributed by atoms with Crippen molar-refractivity contribution in [1.82, 2.24) is 0 Å². The minimum absolute atomic E-state index is 0.0181. The molecule has 20 unspecified atom stereocenters. The molecule has 0 bridgehead atoms. The molecule has 0 radical (unpaired) electrons. The van der Waals surface area contributed by atoms with Crippen LogP contribution in [0.15, 0.2) is 24.3 Å². The number of fused-ring (bicyclic) bond motifs is 1. The van der Waals surface area contributed by atoms with Crippen LogP contribution in [0.25, 0.3) is 0 Å². The molecule has 2 aliphatic carbocycles. The molecular formula is C39H64O22. The maximum atomic E-state index is 11.1. The second-order valence-corrected chi connectivity index (χ2v) is 17.5. The maximum absolute atomic E-state index is 11.1. The molecule has 4 saturated heterocycles. The van der Waals surface area contributed by atoms with E-state index in [0.717, 1.165) is 5.57 Å². The van der Waals surface area contributed by atoms with Gasteiger partial charge in [-0.15, -0.1) is 0 Å². The molecule has 24 atom stereocenters. The highest BCUT2D eigenvalue weighted by atomic mass is 16.8. The van der Waals surface area contributed by atoms with Gasteiger partial charge in [0.1, 0.15) is 97.7 Å². The van der Waals surface area contributed by atoms with Crippen LogP contribution < -0.4 is 0 Å². The van der Waals surface area contributed by atoms with Crippen LogP contribution in [0.1, 0.15) is 39.0 Å². The van der Waals surface area contributed by atoms with Gasteiger partial charge < -0.3 is 109 Å². The van der Waals surface area contributed by atoms with Gasteiger partial charge in [0, 0.05) is 0 Å². The summed E-state index contributed by atoms with van der Waals surface area (Å²) in [4.78, 5) is 0. The quantitative estimate of drug-likeness (QED) is 0.0570. The van der Waals surface area contributed by atoms with Crippen molar-refractivity contribution in [2.75, 3.05) is 33.0 Å². The van der Waals surface area contributed by atoms with Crippen molar-refractivity contribution < 1.29 is 109 Å². The van der Waals surface area contributed by atoms with E-state index >= 15 is 0 Å². The molecule has 0 amide bonds. The number of ether oxygens (including phenoxy) is 8. The van der Waals surface area contributed by atoms with Crippen LogP contribution in [0.2, 0.25) is 0 Å². The van der Waals surface area contributed by atoms with Crippen LogP contribution in [0.4, 0.5) is 0 Å². The highest BCUT2D eigenvalue weighted by Crippen LogP contribution is 2.55. The van der Waals surface area contributed by atoms with Crippen molar-refractivity contribution in [3.63, 3.8) is 0 Å². The summed E-state index contributed by atoms with van der Waals surface area (Å²) in [5.41, 5.74) is 1.25. The fourth-order valence-corrected chi connectivity index (χ4v) is 9.62. The van der Waals surface area contributed by atoms with E-state index in [9.17, 15) is 71.5 Å². The van der Waals surface area contributed by atoms with E-state index in [1.165, 1.54) is 0 Å². The van der Waals surface area contributed by atoms with E-state index < -0.39 is 155 Å². The Bertz CT molecular complexity index is 1450. The minimum atomic E-state index is -1.80. The molecule has 4 aliphatic heterocycles. The molecule has 22 heteroatoms. The summed E-state index contributed by atoms with van der Waals surface area (Å²) >= 11 is 0. The topological polar surface area (TPSA) is 357 Å². The normalized spacial score (nSPS) is 50.9. The Morgan fingerprint density at radius 3 is 1.51 bits per heavy atom. The van der Waals surface area contributed by atoms with Gasteiger partial charge in [-0.2, -0.15) is 0 Å². The van der Waals surface area contributed by atoms with E-state index in [-0.39, 0.29) is 23.9 Å². The van der Waals surface area contributed by atoms with Crippen molar-refractivity contribution >= 4 is 0 Å². The lowest BCUT2D eigenvalue weighted by Crippen LogP contribution is -2.65. The molecule has 0 spiro atoms. The third-order valence-corrected chi connectivity index (χ3v) is 13.4. The predicted molar refractivity (Wildman–Crippen MR) is 200 cm³/mol. The zero-order valence-electron chi connectivity index (χ0n) is 33.8. The van der Waals surface area contributed by atoms with Crippen molar-refractivity contribution in [2.24, 2.45) is 17.3 Å². The van der Waals surface area contributed by atoms with Gasteiger partial charge in [0.15, 0.2) is 25.2 Å². The largest absolute Gasteiger partial charge is 0.394 e. The Balaban J connectivity index is 0.998. The first-order chi connectivity index (χ1) is 28.9. The lowest BCUT2D eigenvalue weighted by molar-refractivity contribution is -0.363. The lowest BCUT2D eigenvalue weighted by atomic mass is 9.55. The first-order valence-corrected chi connectivity index (χ1v) is 20.7. The molecular weight excluding hydrogens is 820 g/mol. The van der Waals surface area contributed by atoms with Crippen LogP contribution >= 0.6 is 0 Å². The second kappa shape index (κ2) is 20.4. The summed E-state index contributed by atoms with van der Waals surface area (Å²) in [5.74, 6) is -0.0250. The molecule has 0 aromatic carbocycles. The van der Waals surface area contributed by atoms with Gasteiger partial charge in [-0.1, -0.05) is 25.7 Å². The van der Waals surface area contributed by atoms with Gasteiger partial charge in [0.25, 0.3) is 0 Å². The minimum Gasteiger partial charge on any atom is -0.394 e. The fourth-order valence-electron chi connectivity index (χ4n) is 9.62. The van der Waals surface area contributed by atoms with Crippen molar-refractivity contribution in [2.45, 2.75) is 168 Å². The first-order valence-electron chi connectivity index (χ1n) is 20.7. The summed E-state index contributed by atoms with van der Waals surface area (Å²) in [6.07, 6.45) is -29.0. The molecule has 6 fully saturated rings. The molecule has 6 aliphatic rings. The zero-order chi connectivity index (χ0) is 44.7. The number of aliphatic hydroxyl groups excluding tert-OH is 14. The molecule has 352 valence electrons. The van der Waals surface area contributed by atoms with Gasteiger partial charge in [0.2, 0.25) is 0 Å². The molecule has 6 rings (SSSR count). The highest BCUT2D eigenvalue weighted by Gasteiger charge is 2.54. The van der Waals surface area contributed by atoms with Crippen LogP contribution in [-0.4, -0.2) is 233 Å². The number of rotatable bonds is 14.